The molecule has 1 atom stereocenters. The number of rotatable bonds is 5. The summed E-state index contributed by atoms with van der Waals surface area (Å²) in [6.07, 6.45) is 0. The van der Waals surface area contributed by atoms with Gasteiger partial charge in [0.15, 0.2) is 0 Å². The number of thioether (sulfide) groups is 1. The highest BCUT2D eigenvalue weighted by Gasteiger charge is 2.11. The van der Waals surface area contributed by atoms with Crippen molar-refractivity contribution in [3.63, 3.8) is 0 Å². The summed E-state index contributed by atoms with van der Waals surface area (Å²) in [4.78, 5) is 16.6. The maximum Gasteiger partial charge on any atom is 0.230 e. The highest BCUT2D eigenvalue weighted by molar-refractivity contribution is 7.99. The van der Waals surface area contributed by atoms with Crippen LogP contribution in [0.25, 0.3) is 9.88 Å². The van der Waals surface area contributed by atoms with Crippen LogP contribution in [0, 0.1) is 0 Å². The lowest BCUT2D eigenvalue weighted by Crippen LogP contribution is -2.22. The Kier molecular flexibility index (Phi) is 4.20. The summed E-state index contributed by atoms with van der Waals surface area (Å²) in [7, 11) is 0. The fourth-order valence-corrected chi connectivity index (χ4v) is 3.65. The molecule has 0 spiro atoms. The Bertz CT molecular complexity index is 493. The second-order valence-electron chi connectivity index (χ2n) is 3.48. The largest absolute Gasteiger partial charge is 0.369 e. The molecule has 0 saturated carbocycles. The SMILES string of the molecule is CC(SCc1csc(-c2cccs2)n1)C(N)=O. The lowest BCUT2D eigenvalue weighted by atomic mass is 10.5. The van der Waals surface area contributed by atoms with Crippen molar-refractivity contribution in [2.24, 2.45) is 5.73 Å². The van der Waals surface area contributed by atoms with E-state index in [2.05, 4.69) is 11.1 Å². The third kappa shape index (κ3) is 3.31. The fourth-order valence-electron chi connectivity index (χ4n) is 1.18. The molecule has 0 aliphatic heterocycles. The number of carbonyl (C=O) groups is 1. The molecule has 2 heterocycles. The first kappa shape index (κ1) is 12.6. The summed E-state index contributed by atoms with van der Waals surface area (Å²) in [6, 6.07) is 4.08. The average molecular weight is 284 g/mol. The molecule has 2 rings (SSSR count). The molecular weight excluding hydrogens is 272 g/mol. The minimum atomic E-state index is -0.274. The predicted octanol–water partition coefficient (Wildman–Crippen LogP) is 2.98. The van der Waals surface area contributed by atoms with Gasteiger partial charge in [-0.1, -0.05) is 6.07 Å². The van der Waals surface area contributed by atoms with Gasteiger partial charge in [0, 0.05) is 11.1 Å². The zero-order chi connectivity index (χ0) is 12.3. The number of thiazole rings is 1. The van der Waals surface area contributed by atoms with E-state index in [0.29, 0.717) is 0 Å². The topological polar surface area (TPSA) is 56.0 Å². The van der Waals surface area contributed by atoms with E-state index in [-0.39, 0.29) is 11.2 Å². The third-order valence-corrected chi connectivity index (χ3v) is 5.29. The van der Waals surface area contributed by atoms with Gasteiger partial charge in [-0.05, 0) is 18.4 Å². The standard InChI is InChI=1S/C11H12N2OS3/c1-7(10(12)14)16-5-8-6-17-11(13-8)9-3-2-4-15-9/h2-4,6-7H,5H2,1H3,(H2,12,14). The van der Waals surface area contributed by atoms with Crippen molar-refractivity contribution in [1.82, 2.24) is 4.98 Å². The van der Waals surface area contributed by atoms with E-state index in [4.69, 9.17) is 5.73 Å². The number of nitrogens with two attached hydrogens (primary N) is 1. The van der Waals surface area contributed by atoms with Gasteiger partial charge >= 0.3 is 0 Å². The Labute approximate surface area is 112 Å². The molecule has 0 radical (unpaired) electrons. The predicted molar refractivity (Wildman–Crippen MR) is 75.4 cm³/mol. The van der Waals surface area contributed by atoms with Crippen molar-refractivity contribution in [3.05, 3.63) is 28.6 Å². The molecule has 0 bridgehead atoms. The van der Waals surface area contributed by atoms with Crippen LogP contribution in [-0.2, 0) is 10.5 Å². The lowest BCUT2D eigenvalue weighted by Gasteiger charge is -2.04. The molecule has 17 heavy (non-hydrogen) atoms. The molecule has 0 aliphatic carbocycles. The number of primary amides is 1. The van der Waals surface area contributed by atoms with Crippen LogP contribution >= 0.6 is 34.4 Å². The van der Waals surface area contributed by atoms with Gasteiger partial charge in [-0.25, -0.2) is 4.98 Å². The Balaban J connectivity index is 1.97. The molecule has 0 aliphatic rings. The Morgan fingerprint density at radius 2 is 2.41 bits per heavy atom. The van der Waals surface area contributed by atoms with Gasteiger partial charge in [-0.2, -0.15) is 0 Å². The van der Waals surface area contributed by atoms with E-state index in [1.807, 2.05) is 23.8 Å². The zero-order valence-electron chi connectivity index (χ0n) is 9.25. The van der Waals surface area contributed by atoms with Gasteiger partial charge in [0.25, 0.3) is 0 Å². The number of amides is 1. The van der Waals surface area contributed by atoms with Crippen LogP contribution in [0.3, 0.4) is 0 Å². The summed E-state index contributed by atoms with van der Waals surface area (Å²) in [5.41, 5.74) is 6.22. The maximum absolute atomic E-state index is 10.9. The summed E-state index contributed by atoms with van der Waals surface area (Å²) in [5, 5.41) is 4.96. The monoisotopic (exact) mass is 284 g/mol. The van der Waals surface area contributed by atoms with Crippen LogP contribution in [0.4, 0.5) is 0 Å². The minimum Gasteiger partial charge on any atom is -0.369 e. The number of hydrogen-bond donors (Lipinski definition) is 1. The van der Waals surface area contributed by atoms with Gasteiger partial charge in [0.2, 0.25) is 5.91 Å². The number of aromatic nitrogens is 1. The lowest BCUT2D eigenvalue weighted by molar-refractivity contribution is -0.117. The van der Waals surface area contributed by atoms with E-state index >= 15 is 0 Å². The Morgan fingerprint density at radius 1 is 1.59 bits per heavy atom. The molecule has 90 valence electrons. The normalized spacial score (nSPS) is 12.5. The fraction of sp³-hybridized carbons (Fsp3) is 0.273. The molecule has 6 heteroatoms. The van der Waals surface area contributed by atoms with Crippen molar-refractivity contribution in [2.45, 2.75) is 17.9 Å². The van der Waals surface area contributed by atoms with Crippen molar-refractivity contribution in [3.8, 4) is 9.88 Å². The van der Waals surface area contributed by atoms with Crippen LogP contribution in [0.1, 0.15) is 12.6 Å². The van der Waals surface area contributed by atoms with Crippen molar-refractivity contribution in [1.29, 1.82) is 0 Å². The molecule has 0 saturated heterocycles. The van der Waals surface area contributed by atoms with Crippen molar-refractivity contribution in [2.75, 3.05) is 0 Å². The molecule has 2 N–H and O–H groups in total. The summed E-state index contributed by atoms with van der Waals surface area (Å²) in [5.74, 6) is 0.454. The van der Waals surface area contributed by atoms with Crippen LogP contribution < -0.4 is 5.73 Å². The molecule has 0 fully saturated rings. The van der Waals surface area contributed by atoms with Crippen molar-refractivity contribution < 1.29 is 4.79 Å². The van der Waals surface area contributed by atoms with E-state index in [9.17, 15) is 4.79 Å². The molecule has 2 aromatic heterocycles. The first-order valence-electron chi connectivity index (χ1n) is 5.06. The number of nitrogens with zero attached hydrogens (tertiary/aromatic N) is 1. The van der Waals surface area contributed by atoms with Crippen LogP contribution in [-0.4, -0.2) is 16.1 Å². The molecular formula is C11H12N2OS3. The minimum absolute atomic E-state index is 0.165. The molecule has 1 amide bonds. The maximum atomic E-state index is 10.9. The summed E-state index contributed by atoms with van der Waals surface area (Å²) in [6.45, 7) is 1.82. The van der Waals surface area contributed by atoms with Crippen LogP contribution in [0.2, 0.25) is 0 Å². The average Bonchev–Trinajstić information content (AvgIpc) is 2.95. The second kappa shape index (κ2) is 5.66. The molecule has 0 aromatic carbocycles. The van der Waals surface area contributed by atoms with Gasteiger partial charge in [0.05, 0.1) is 15.8 Å². The quantitative estimate of drug-likeness (QED) is 0.918. The first-order valence-corrected chi connectivity index (χ1v) is 7.87. The summed E-state index contributed by atoms with van der Waals surface area (Å²) < 4.78 is 0. The van der Waals surface area contributed by atoms with E-state index in [0.717, 1.165) is 16.5 Å². The highest BCUT2D eigenvalue weighted by Crippen LogP contribution is 2.29. The third-order valence-electron chi connectivity index (χ3n) is 2.17. The molecule has 2 aromatic rings. The van der Waals surface area contributed by atoms with Gasteiger partial charge in [0.1, 0.15) is 5.01 Å². The zero-order valence-corrected chi connectivity index (χ0v) is 11.7. The Morgan fingerprint density at radius 3 is 3.06 bits per heavy atom. The number of hydrogen-bond acceptors (Lipinski definition) is 5. The van der Waals surface area contributed by atoms with E-state index in [1.54, 1.807) is 22.7 Å². The number of carbonyl (C=O) groups excluding carboxylic acids is 1. The van der Waals surface area contributed by atoms with Crippen LogP contribution in [0.5, 0.6) is 0 Å². The molecule has 3 nitrogen and oxygen atoms in total. The first-order chi connectivity index (χ1) is 8.16. The summed E-state index contributed by atoms with van der Waals surface area (Å²) >= 11 is 4.84. The number of thiophene rings is 1. The van der Waals surface area contributed by atoms with Gasteiger partial charge in [-0.3, -0.25) is 4.79 Å². The van der Waals surface area contributed by atoms with Gasteiger partial charge < -0.3 is 5.73 Å². The Hall–Kier alpha value is -0.850. The van der Waals surface area contributed by atoms with E-state index < -0.39 is 0 Å². The molecule has 1 unspecified atom stereocenters. The van der Waals surface area contributed by atoms with Crippen LogP contribution in [0.15, 0.2) is 22.9 Å². The highest BCUT2D eigenvalue weighted by atomic mass is 32.2. The van der Waals surface area contributed by atoms with Gasteiger partial charge in [-0.15, -0.1) is 34.4 Å². The van der Waals surface area contributed by atoms with E-state index in [1.165, 1.54) is 16.6 Å². The van der Waals surface area contributed by atoms with Crippen molar-refractivity contribution >= 4 is 40.3 Å². The second-order valence-corrected chi connectivity index (χ2v) is 6.61. The smallest absolute Gasteiger partial charge is 0.230 e.